The Hall–Kier alpha value is -1.94. The first-order chi connectivity index (χ1) is 9.28. The molecule has 3 rings (SSSR count). The molecule has 2 heterocycles. The van der Waals surface area contributed by atoms with Gasteiger partial charge in [0.2, 0.25) is 0 Å². The van der Waals surface area contributed by atoms with E-state index in [0.717, 1.165) is 24.5 Å². The van der Waals surface area contributed by atoms with Crippen LogP contribution in [0.15, 0.2) is 36.4 Å². The van der Waals surface area contributed by atoms with Gasteiger partial charge in [0.05, 0.1) is 5.69 Å². The number of aromatic nitrogens is 2. The number of hydrogen-bond donors (Lipinski definition) is 1. The van der Waals surface area contributed by atoms with Crippen LogP contribution in [0.1, 0.15) is 16.8 Å². The van der Waals surface area contributed by atoms with Gasteiger partial charge in [-0.05, 0) is 36.6 Å². The van der Waals surface area contributed by atoms with Crippen LogP contribution in [0.5, 0.6) is 0 Å². The summed E-state index contributed by atoms with van der Waals surface area (Å²) < 4.78 is 0. The summed E-state index contributed by atoms with van der Waals surface area (Å²) in [6, 6.07) is 12.9. The van der Waals surface area contributed by atoms with Gasteiger partial charge in [-0.25, -0.2) is 0 Å². The van der Waals surface area contributed by atoms with Crippen LogP contribution in [0.25, 0.3) is 0 Å². The maximum absolute atomic E-state index is 5.93. The maximum Gasteiger partial charge on any atom is 0.151 e. The second kappa shape index (κ2) is 4.97. The van der Waals surface area contributed by atoms with Crippen molar-refractivity contribution in [3.8, 4) is 0 Å². The van der Waals surface area contributed by atoms with E-state index in [0.29, 0.717) is 12.6 Å². The highest BCUT2D eigenvalue weighted by Crippen LogP contribution is 2.26. The van der Waals surface area contributed by atoms with Crippen LogP contribution >= 0.6 is 0 Å². The Bertz CT molecular complexity index is 565. The molecule has 1 aliphatic heterocycles. The first kappa shape index (κ1) is 12.1. The molecule has 0 bridgehead atoms. The van der Waals surface area contributed by atoms with Crippen LogP contribution in [-0.2, 0) is 13.0 Å². The van der Waals surface area contributed by atoms with Crippen molar-refractivity contribution in [2.75, 3.05) is 11.4 Å². The summed E-state index contributed by atoms with van der Waals surface area (Å²) in [6.07, 6.45) is 0.974. The molecule has 0 radical (unpaired) electrons. The molecule has 0 fully saturated rings. The van der Waals surface area contributed by atoms with Gasteiger partial charge < -0.3 is 10.6 Å². The normalized spacial score (nSPS) is 18.2. The zero-order valence-corrected chi connectivity index (χ0v) is 11.1. The van der Waals surface area contributed by atoms with Crippen molar-refractivity contribution >= 4 is 5.82 Å². The lowest BCUT2D eigenvalue weighted by Crippen LogP contribution is -2.45. The van der Waals surface area contributed by atoms with Gasteiger partial charge in [-0.1, -0.05) is 24.3 Å². The summed E-state index contributed by atoms with van der Waals surface area (Å²) in [6.45, 7) is 3.43. The maximum atomic E-state index is 5.93. The molecular weight excluding hydrogens is 236 g/mol. The summed E-state index contributed by atoms with van der Waals surface area (Å²) in [5.41, 5.74) is 9.62. The Morgan fingerprint density at radius 2 is 1.95 bits per heavy atom. The molecule has 0 amide bonds. The van der Waals surface area contributed by atoms with Gasteiger partial charge in [0, 0.05) is 19.1 Å². The lowest BCUT2D eigenvalue weighted by atomic mass is 9.94. The summed E-state index contributed by atoms with van der Waals surface area (Å²) in [7, 11) is 0. The molecule has 1 atom stereocenters. The fraction of sp³-hybridized carbons (Fsp3) is 0.333. The van der Waals surface area contributed by atoms with Crippen molar-refractivity contribution in [2.45, 2.75) is 25.9 Å². The number of benzene rings is 1. The van der Waals surface area contributed by atoms with E-state index < -0.39 is 0 Å². The zero-order chi connectivity index (χ0) is 13.2. The fourth-order valence-corrected chi connectivity index (χ4v) is 2.61. The van der Waals surface area contributed by atoms with Crippen LogP contribution < -0.4 is 10.6 Å². The van der Waals surface area contributed by atoms with Crippen molar-refractivity contribution in [1.82, 2.24) is 10.2 Å². The number of rotatable bonds is 2. The molecule has 1 aliphatic rings. The molecule has 2 N–H and O–H groups in total. The Kier molecular flexibility index (Phi) is 3.17. The van der Waals surface area contributed by atoms with E-state index >= 15 is 0 Å². The van der Waals surface area contributed by atoms with Crippen molar-refractivity contribution in [2.24, 2.45) is 5.73 Å². The molecule has 1 aromatic heterocycles. The summed E-state index contributed by atoms with van der Waals surface area (Å²) >= 11 is 0. The van der Waals surface area contributed by atoms with E-state index in [1.54, 1.807) is 0 Å². The number of hydrogen-bond acceptors (Lipinski definition) is 4. The largest absolute Gasteiger partial charge is 0.346 e. The van der Waals surface area contributed by atoms with Crippen molar-refractivity contribution in [1.29, 1.82) is 0 Å². The third kappa shape index (κ3) is 2.31. The van der Waals surface area contributed by atoms with Crippen molar-refractivity contribution in [3.63, 3.8) is 0 Å². The van der Waals surface area contributed by atoms with Crippen LogP contribution in [0, 0.1) is 6.92 Å². The minimum atomic E-state index is 0.298. The van der Waals surface area contributed by atoms with E-state index in [1.165, 1.54) is 11.1 Å². The van der Waals surface area contributed by atoms with Crippen molar-refractivity contribution < 1.29 is 0 Å². The molecule has 0 aliphatic carbocycles. The topological polar surface area (TPSA) is 55.0 Å². The highest BCUT2D eigenvalue weighted by atomic mass is 15.3. The average Bonchev–Trinajstić information content (AvgIpc) is 2.46. The molecule has 19 heavy (non-hydrogen) atoms. The van der Waals surface area contributed by atoms with Crippen LogP contribution in [0.3, 0.4) is 0 Å². The van der Waals surface area contributed by atoms with Crippen LogP contribution in [0.4, 0.5) is 5.82 Å². The van der Waals surface area contributed by atoms with Gasteiger partial charge in [0.15, 0.2) is 5.82 Å². The first-order valence-corrected chi connectivity index (χ1v) is 6.62. The molecule has 0 saturated carbocycles. The molecule has 0 spiro atoms. The fourth-order valence-electron chi connectivity index (χ4n) is 2.61. The van der Waals surface area contributed by atoms with Gasteiger partial charge in [-0.2, -0.15) is 5.10 Å². The molecular formula is C15H18N4. The van der Waals surface area contributed by atoms with Crippen LogP contribution in [0.2, 0.25) is 0 Å². The number of anilines is 1. The van der Waals surface area contributed by atoms with E-state index in [9.17, 15) is 0 Å². The van der Waals surface area contributed by atoms with E-state index in [1.807, 2.05) is 19.1 Å². The Balaban J connectivity index is 1.95. The minimum absolute atomic E-state index is 0.298. The Morgan fingerprint density at radius 1 is 1.16 bits per heavy atom. The molecule has 4 heteroatoms. The summed E-state index contributed by atoms with van der Waals surface area (Å²) in [5, 5.41) is 8.44. The second-order valence-electron chi connectivity index (χ2n) is 5.02. The second-order valence-corrected chi connectivity index (χ2v) is 5.02. The zero-order valence-electron chi connectivity index (χ0n) is 11.1. The number of nitrogens with zero attached hydrogens (tertiary/aromatic N) is 3. The quantitative estimate of drug-likeness (QED) is 0.886. The third-order valence-corrected chi connectivity index (χ3v) is 3.71. The lowest BCUT2D eigenvalue weighted by Gasteiger charge is -2.36. The van der Waals surface area contributed by atoms with Gasteiger partial charge >= 0.3 is 0 Å². The first-order valence-electron chi connectivity index (χ1n) is 6.62. The predicted octanol–water partition coefficient (Wildman–Crippen LogP) is 1.68. The standard InChI is InChI=1S/C15H18N4/c1-11-6-7-15(18-17-11)19-10-13-5-3-2-4-12(13)8-14(19)9-16/h2-7,14H,8-10,16H2,1H3. The molecule has 2 aromatic rings. The predicted molar refractivity (Wildman–Crippen MR) is 75.9 cm³/mol. The lowest BCUT2D eigenvalue weighted by molar-refractivity contribution is 0.552. The van der Waals surface area contributed by atoms with Gasteiger partial charge in [0.1, 0.15) is 0 Å². The SMILES string of the molecule is Cc1ccc(N2Cc3ccccc3CC2CN)nn1. The Labute approximate surface area is 113 Å². The minimum Gasteiger partial charge on any atom is -0.346 e. The third-order valence-electron chi connectivity index (χ3n) is 3.71. The summed E-state index contributed by atoms with van der Waals surface area (Å²) in [5.74, 6) is 0.913. The van der Waals surface area contributed by atoms with E-state index in [4.69, 9.17) is 5.73 Å². The summed E-state index contributed by atoms with van der Waals surface area (Å²) in [4.78, 5) is 2.26. The molecule has 98 valence electrons. The average molecular weight is 254 g/mol. The van der Waals surface area contributed by atoms with Gasteiger partial charge in [-0.3, -0.25) is 0 Å². The monoisotopic (exact) mass is 254 g/mol. The van der Waals surface area contributed by atoms with E-state index in [2.05, 4.69) is 39.4 Å². The Morgan fingerprint density at radius 3 is 2.63 bits per heavy atom. The van der Waals surface area contributed by atoms with Gasteiger partial charge in [0.25, 0.3) is 0 Å². The smallest absolute Gasteiger partial charge is 0.151 e. The highest BCUT2D eigenvalue weighted by Gasteiger charge is 2.25. The van der Waals surface area contributed by atoms with Crippen LogP contribution in [-0.4, -0.2) is 22.8 Å². The molecule has 4 nitrogen and oxygen atoms in total. The molecule has 1 unspecified atom stereocenters. The van der Waals surface area contributed by atoms with Gasteiger partial charge in [-0.15, -0.1) is 5.10 Å². The van der Waals surface area contributed by atoms with E-state index in [-0.39, 0.29) is 0 Å². The van der Waals surface area contributed by atoms with Crippen molar-refractivity contribution in [3.05, 3.63) is 53.2 Å². The number of fused-ring (bicyclic) bond motifs is 1. The molecule has 1 aromatic carbocycles. The molecule has 0 saturated heterocycles. The highest BCUT2D eigenvalue weighted by molar-refractivity contribution is 5.45. The number of nitrogens with two attached hydrogens (primary N) is 1. The number of aryl methyl sites for hydroxylation is 1.